The number of para-hydroxylation sites is 2. The van der Waals surface area contributed by atoms with Crippen LogP contribution in [-0.2, 0) is 6.54 Å². The van der Waals surface area contributed by atoms with Gasteiger partial charge in [-0.2, -0.15) is 0 Å². The summed E-state index contributed by atoms with van der Waals surface area (Å²) in [7, 11) is 0. The van der Waals surface area contributed by atoms with E-state index in [1.54, 1.807) is 12.1 Å². The summed E-state index contributed by atoms with van der Waals surface area (Å²) >= 11 is 6.16. The molecular weight excluding hydrogens is 376 g/mol. The molecule has 0 saturated carbocycles. The first-order chi connectivity index (χ1) is 13.5. The molecule has 0 aliphatic carbocycles. The van der Waals surface area contributed by atoms with Crippen molar-refractivity contribution in [3.63, 3.8) is 0 Å². The number of hydrogen-bond donors (Lipinski definition) is 2. The molecule has 2 aromatic carbocycles. The number of carbonyl (C=O) groups is 1. The van der Waals surface area contributed by atoms with Crippen LogP contribution in [-0.4, -0.2) is 22.0 Å². The zero-order chi connectivity index (χ0) is 19.9. The Bertz CT molecular complexity index is 962. The summed E-state index contributed by atoms with van der Waals surface area (Å²) in [5.74, 6) is 0.798. The minimum absolute atomic E-state index is 0.00212. The predicted molar refractivity (Wildman–Crippen MR) is 111 cm³/mol. The third-order valence-electron chi connectivity index (χ3n) is 3.82. The van der Waals surface area contributed by atoms with Crippen molar-refractivity contribution in [2.24, 2.45) is 0 Å². The van der Waals surface area contributed by atoms with Gasteiger partial charge < -0.3 is 15.4 Å². The van der Waals surface area contributed by atoms with Gasteiger partial charge in [-0.3, -0.25) is 4.79 Å². The van der Waals surface area contributed by atoms with Crippen LogP contribution in [0.5, 0.6) is 5.75 Å². The van der Waals surface area contributed by atoms with E-state index in [0.29, 0.717) is 28.8 Å². The van der Waals surface area contributed by atoms with Crippen LogP contribution in [0, 0.1) is 0 Å². The number of halogens is 1. The number of rotatable bonds is 7. The first-order valence-electron chi connectivity index (χ1n) is 8.89. The van der Waals surface area contributed by atoms with E-state index in [4.69, 9.17) is 16.3 Å². The Labute approximate surface area is 168 Å². The number of anilines is 2. The summed E-state index contributed by atoms with van der Waals surface area (Å²) in [6.07, 6.45) is 1.35. The molecule has 0 fully saturated rings. The Hall–Kier alpha value is -3.12. The summed E-state index contributed by atoms with van der Waals surface area (Å²) in [5.41, 5.74) is 1.77. The molecule has 0 aliphatic rings. The maximum atomic E-state index is 12.6. The van der Waals surface area contributed by atoms with Gasteiger partial charge in [-0.1, -0.05) is 41.9 Å². The summed E-state index contributed by atoms with van der Waals surface area (Å²) in [6.45, 7) is 4.35. The van der Waals surface area contributed by atoms with Crippen LogP contribution in [0.25, 0.3) is 0 Å². The first kappa shape index (κ1) is 19.6. The van der Waals surface area contributed by atoms with Gasteiger partial charge in [-0.05, 0) is 37.6 Å². The van der Waals surface area contributed by atoms with Gasteiger partial charge in [-0.15, -0.1) is 0 Å². The van der Waals surface area contributed by atoms with E-state index in [1.165, 1.54) is 6.33 Å². The van der Waals surface area contributed by atoms with Crippen molar-refractivity contribution < 1.29 is 9.53 Å². The number of hydrogen-bond acceptors (Lipinski definition) is 5. The van der Waals surface area contributed by atoms with Crippen LogP contribution in [0.2, 0.25) is 5.02 Å². The molecule has 7 heteroatoms. The Balaban J connectivity index is 1.70. The van der Waals surface area contributed by atoms with Crippen molar-refractivity contribution in [3.05, 3.63) is 77.2 Å². The highest BCUT2D eigenvalue weighted by molar-refractivity contribution is 6.31. The Morgan fingerprint density at radius 2 is 1.86 bits per heavy atom. The van der Waals surface area contributed by atoms with Crippen molar-refractivity contribution in [1.82, 2.24) is 9.97 Å². The number of carbonyl (C=O) groups excluding carboxylic acids is 1. The Kier molecular flexibility index (Phi) is 6.45. The van der Waals surface area contributed by atoms with Crippen molar-refractivity contribution in [1.29, 1.82) is 0 Å². The molecule has 0 atom stereocenters. The maximum Gasteiger partial charge on any atom is 0.274 e. The quantitative estimate of drug-likeness (QED) is 0.601. The van der Waals surface area contributed by atoms with Gasteiger partial charge in [0.1, 0.15) is 23.6 Å². The summed E-state index contributed by atoms with van der Waals surface area (Å²) in [6, 6.07) is 16.4. The van der Waals surface area contributed by atoms with Gasteiger partial charge in [-0.25, -0.2) is 9.97 Å². The van der Waals surface area contributed by atoms with Gasteiger partial charge in [0.2, 0.25) is 0 Å². The van der Waals surface area contributed by atoms with Gasteiger partial charge >= 0.3 is 0 Å². The van der Waals surface area contributed by atoms with E-state index in [9.17, 15) is 4.79 Å². The van der Waals surface area contributed by atoms with Crippen molar-refractivity contribution in [3.8, 4) is 5.75 Å². The van der Waals surface area contributed by atoms with E-state index < -0.39 is 0 Å². The topological polar surface area (TPSA) is 76.1 Å². The molecule has 3 rings (SSSR count). The summed E-state index contributed by atoms with van der Waals surface area (Å²) < 4.78 is 5.73. The second kappa shape index (κ2) is 9.19. The van der Waals surface area contributed by atoms with Crippen LogP contribution in [0.4, 0.5) is 11.5 Å². The largest absolute Gasteiger partial charge is 0.489 e. The highest BCUT2D eigenvalue weighted by atomic mass is 35.5. The molecule has 6 nitrogen and oxygen atoms in total. The average Bonchev–Trinajstić information content (AvgIpc) is 2.69. The molecule has 0 radical (unpaired) electrons. The van der Waals surface area contributed by atoms with Crippen LogP contribution >= 0.6 is 11.6 Å². The van der Waals surface area contributed by atoms with E-state index in [1.807, 2.05) is 56.3 Å². The minimum Gasteiger partial charge on any atom is -0.489 e. The second-order valence-corrected chi connectivity index (χ2v) is 6.76. The number of ether oxygens (including phenoxy) is 1. The predicted octanol–water partition coefficient (Wildman–Crippen LogP) is 4.78. The molecule has 144 valence electrons. The highest BCUT2D eigenvalue weighted by Gasteiger charge is 2.13. The maximum absolute atomic E-state index is 12.6. The zero-order valence-corrected chi connectivity index (χ0v) is 16.4. The molecule has 1 amide bonds. The van der Waals surface area contributed by atoms with Crippen LogP contribution < -0.4 is 15.4 Å². The molecule has 0 unspecified atom stereocenters. The molecule has 0 saturated heterocycles. The van der Waals surface area contributed by atoms with Gasteiger partial charge in [0.25, 0.3) is 5.91 Å². The Morgan fingerprint density at radius 1 is 1.11 bits per heavy atom. The van der Waals surface area contributed by atoms with E-state index in [2.05, 4.69) is 20.6 Å². The van der Waals surface area contributed by atoms with E-state index in [-0.39, 0.29) is 17.7 Å². The van der Waals surface area contributed by atoms with Gasteiger partial charge in [0.05, 0.1) is 11.8 Å². The molecule has 2 N–H and O–H groups in total. The highest BCUT2D eigenvalue weighted by Crippen LogP contribution is 2.25. The molecule has 3 aromatic rings. The lowest BCUT2D eigenvalue weighted by molar-refractivity contribution is 0.102. The van der Waals surface area contributed by atoms with Crippen LogP contribution in [0.3, 0.4) is 0 Å². The summed E-state index contributed by atoms with van der Waals surface area (Å²) in [5, 5.41) is 6.67. The first-order valence-corrected chi connectivity index (χ1v) is 9.27. The second-order valence-electron chi connectivity index (χ2n) is 6.35. The van der Waals surface area contributed by atoms with Gasteiger partial charge in [0, 0.05) is 17.6 Å². The summed E-state index contributed by atoms with van der Waals surface area (Å²) in [4.78, 5) is 20.9. The lowest BCUT2D eigenvalue weighted by Crippen LogP contribution is -2.16. The molecule has 1 heterocycles. The van der Waals surface area contributed by atoms with E-state index >= 15 is 0 Å². The molecule has 1 aromatic heterocycles. The third-order valence-corrected chi connectivity index (χ3v) is 4.18. The van der Waals surface area contributed by atoms with Crippen molar-refractivity contribution >= 4 is 29.0 Å². The Morgan fingerprint density at radius 3 is 2.64 bits per heavy atom. The molecule has 28 heavy (non-hydrogen) atoms. The van der Waals surface area contributed by atoms with E-state index in [0.717, 1.165) is 5.56 Å². The molecule has 0 spiro atoms. The lowest BCUT2D eigenvalue weighted by atomic mass is 10.2. The number of nitrogens with zero attached hydrogens (tertiary/aromatic N) is 2. The number of amides is 1. The monoisotopic (exact) mass is 396 g/mol. The number of aromatic nitrogens is 2. The molecule has 0 bridgehead atoms. The smallest absolute Gasteiger partial charge is 0.274 e. The molecule has 0 aliphatic heterocycles. The van der Waals surface area contributed by atoms with Crippen molar-refractivity contribution in [2.45, 2.75) is 26.5 Å². The minimum atomic E-state index is -0.344. The average molecular weight is 397 g/mol. The van der Waals surface area contributed by atoms with Crippen LogP contribution in [0.15, 0.2) is 60.9 Å². The SMILES string of the molecule is CC(C)Oc1ccccc1NC(=O)c1cc(NCc2ccccc2Cl)ncn1. The fourth-order valence-electron chi connectivity index (χ4n) is 2.52. The third kappa shape index (κ3) is 5.20. The fraction of sp³-hybridized carbons (Fsp3) is 0.190. The fourth-order valence-corrected chi connectivity index (χ4v) is 2.72. The number of nitrogens with one attached hydrogen (secondary N) is 2. The van der Waals surface area contributed by atoms with Gasteiger partial charge in [0.15, 0.2) is 0 Å². The lowest BCUT2D eigenvalue weighted by Gasteiger charge is -2.14. The zero-order valence-electron chi connectivity index (χ0n) is 15.6. The normalized spacial score (nSPS) is 10.6. The molecular formula is C21H21ClN4O2. The van der Waals surface area contributed by atoms with Crippen molar-refractivity contribution in [2.75, 3.05) is 10.6 Å². The number of benzene rings is 2. The standard InChI is InChI=1S/C21H21ClN4O2/c1-14(2)28-19-10-6-5-9-17(19)26-21(27)18-11-20(25-13-24-18)23-12-15-7-3-4-8-16(15)22/h3-11,13-14H,12H2,1-2H3,(H,26,27)(H,23,24,25). The van der Waals surface area contributed by atoms with Crippen LogP contribution in [0.1, 0.15) is 29.9 Å².